The summed E-state index contributed by atoms with van der Waals surface area (Å²) < 4.78 is 22.8. The average Bonchev–Trinajstić information content (AvgIpc) is 2.35. The second kappa shape index (κ2) is 5.21. The first-order valence-corrected chi connectivity index (χ1v) is 9.09. The van der Waals surface area contributed by atoms with Gasteiger partial charge < -0.3 is 5.32 Å². The highest BCUT2D eigenvalue weighted by molar-refractivity contribution is 7.90. The zero-order chi connectivity index (χ0) is 15.1. The van der Waals surface area contributed by atoms with E-state index in [2.05, 4.69) is 15.3 Å². The predicted octanol–water partition coefficient (Wildman–Crippen LogP) is 1.29. The van der Waals surface area contributed by atoms with Gasteiger partial charge in [-0.05, 0) is 45.4 Å². The summed E-state index contributed by atoms with van der Waals surface area (Å²) in [6, 6.07) is 0. The van der Waals surface area contributed by atoms with Gasteiger partial charge >= 0.3 is 0 Å². The third-order valence-electron chi connectivity index (χ3n) is 4.74. The van der Waals surface area contributed by atoms with Crippen LogP contribution in [0.2, 0.25) is 0 Å². The second-order valence-electron chi connectivity index (χ2n) is 6.19. The Hall–Kier alpha value is -1.21. The molecule has 0 radical (unpaired) electrons. The quantitative estimate of drug-likeness (QED) is 0.873. The van der Waals surface area contributed by atoms with Crippen molar-refractivity contribution in [1.29, 1.82) is 0 Å². The fourth-order valence-corrected chi connectivity index (χ4v) is 4.37. The van der Waals surface area contributed by atoms with Crippen LogP contribution < -0.4 is 10.5 Å². The van der Waals surface area contributed by atoms with Gasteiger partial charge in [-0.15, -0.1) is 0 Å². The average molecular weight is 310 g/mol. The van der Waals surface area contributed by atoms with E-state index < -0.39 is 14.8 Å². The van der Waals surface area contributed by atoms with Gasteiger partial charge in [0, 0.05) is 17.8 Å². The molecular weight excluding hydrogens is 288 g/mol. The summed E-state index contributed by atoms with van der Waals surface area (Å²) in [6.07, 6.45) is 6.40. The van der Waals surface area contributed by atoms with Crippen molar-refractivity contribution in [1.82, 2.24) is 9.97 Å². The first-order chi connectivity index (χ1) is 9.91. The van der Waals surface area contributed by atoms with E-state index in [0.717, 1.165) is 55.0 Å². The molecule has 6 nitrogen and oxygen atoms in total. The van der Waals surface area contributed by atoms with Gasteiger partial charge in [0.15, 0.2) is 0 Å². The van der Waals surface area contributed by atoms with Crippen LogP contribution in [-0.2, 0) is 22.9 Å². The first-order valence-electron chi connectivity index (χ1n) is 7.54. The Kier molecular flexibility index (Phi) is 3.65. The van der Waals surface area contributed by atoms with Crippen LogP contribution in [0.3, 0.4) is 0 Å². The number of aromatic nitrogens is 2. The number of nitrogens with one attached hydrogen (secondary N) is 1. The van der Waals surface area contributed by atoms with E-state index in [-0.39, 0.29) is 0 Å². The lowest BCUT2D eigenvalue weighted by atomic mass is 9.84. The minimum absolute atomic E-state index is 0.342. The maximum atomic E-state index is 11.8. The van der Waals surface area contributed by atoms with E-state index in [1.54, 1.807) is 0 Å². The van der Waals surface area contributed by atoms with Gasteiger partial charge in [0.2, 0.25) is 10.0 Å². The number of nitrogens with two attached hydrogens (primary N) is 1. The zero-order valence-electron chi connectivity index (χ0n) is 12.4. The Morgan fingerprint density at radius 2 is 1.90 bits per heavy atom. The molecule has 1 fully saturated rings. The zero-order valence-corrected chi connectivity index (χ0v) is 13.2. The van der Waals surface area contributed by atoms with Crippen molar-refractivity contribution in [2.75, 3.05) is 11.9 Å². The largest absolute Gasteiger partial charge is 0.368 e. The van der Waals surface area contributed by atoms with Gasteiger partial charge in [-0.1, -0.05) is 6.42 Å². The number of primary sulfonamides is 1. The van der Waals surface area contributed by atoms with Crippen LogP contribution in [0.4, 0.5) is 5.82 Å². The second-order valence-corrected chi connectivity index (χ2v) is 8.14. The highest BCUT2D eigenvalue weighted by Gasteiger charge is 2.47. The third-order valence-corrected chi connectivity index (χ3v) is 6.50. The van der Waals surface area contributed by atoms with Crippen LogP contribution >= 0.6 is 0 Å². The lowest BCUT2D eigenvalue weighted by Crippen LogP contribution is -2.53. The molecule has 1 aromatic rings. The molecule has 7 heteroatoms. The topological polar surface area (TPSA) is 98.0 Å². The molecule has 0 spiro atoms. The molecule has 0 atom stereocenters. The third kappa shape index (κ3) is 2.64. The Morgan fingerprint density at radius 3 is 2.52 bits per heavy atom. The Labute approximate surface area is 125 Å². The normalized spacial score (nSPS) is 20.5. The lowest BCUT2D eigenvalue weighted by Gasteiger charge is -2.39. The van der Waals surface area contributed by atoms with E-state index in [4.69, 9.17) is 5.14 Å². The van der Waals surface area contributed by atoms with E-state index in [1.165, 1.54) is 0 Å². The van der Waals surface area contributed by atoms with Crippen LogP contribution in [0.5, 0.6) is 0 Å². The minimum atomic E-state index is -3.54. The highest BCUT2D eigenvalue weighted by atomic mass is 32.2. The monoisotopic (exact) mass is 310 g/mol. The molecule has 21 heavy (non-hydrogen) atoms. The Balaban J connectivity index is 1.84. The molecule has 2 aliphatic rings. The predicted molar refractivity (Wildman–Crippen MR) is 81.6 cm³/mol. The van der Waals surface area contributed by atoms with Crippen molar-refractivity contribution < 1.29 is 8.42 Å². The van der Waals surface area contributed by atoms with Crippen molar-refractivity contribution in [2.45, 2.75) is 56.6 Å². The number of rotatable bonds is 4. The van der Waals surface area contributed by atoms with Crippen LogP contribution in [0, 0.1) is 6.92 Å². The molecule has 1 saturated carbocycles. The molecular formula is C14H22N4O2S. The number of aryl methyl sites for hydroxylation is 2. The standard InChI is InChI=1S/C14H22N4O2S/c1-10-17-12-6-3-2-5-11(12)13(18-10)16-9-14(7-4-8-14)21(15,19)20/h2-9H2,1H3,(H2,15,19,20)(H,16,17,18). The number of sulfonamides is 1. The summed E-state index contributed by atoms with van der Waals surface area (Å²) in [5, 5.41) is 8.66. The van der Waals surface area contributed by atoms with Gasteiger partial charge in [-0.3, -0.25) is 0 Å². The maximum absolute atomic E-state index is 11.8. The van der Waals surface area contributed by atoms with Crippen molar-refractivity contribution in [3.8, 4) is 0 Å². The molecule has 0 aromatic carbocycles. The minimum Gasteiger partial charge on any atom is -0.368 e. The molecule has 1 aromatic heterocycles. The molecule has 0 bridgehead atoms. The number of nitrogens with zero attached hydrogens (tertiary/aromatic N) is 2. The van der Waals surface area contributed by atoms with Gasteiger partial charge in [0.25, 0.3) is 0 Å². The summed E-state index contributed by atoms with van der Waals surface area (Å²) in [5.74, 6) is 1.53. The molecule has 3 rings (SSSR count). The first kappa shape index (κ1) is 14.7. The molecule has 1 heterocycles. The fourth-order valence-electron chi connectivity index (χ4n) is 3.24. The molecule has 116 valence electrons. The van der Waals surface area contributed by atoms with Crippen LogP contribution in [0.1, 0.15) is 49.2 Å². The van der Waals surface area contributed by atoms with E-state index >= 15 is 0 Å². The van der Waals surface area contributed by atoms with E-state index in [0.29, 0.717) is 19.4 Å². The summed E-state index contributed by atoms with van der Waals surface area (Å²) in [6.45, 7) is 2.22. The summed E-state index contributed by atoms with van der Waals surface area (Å²) in [4.78, 5) is 8.98. The Morgan fingerprint density at radius 1 is 1.19 bits per heavy atom. The maximum Gasteiger partial charge on any atom is 0.216 e. The Bertz CT molecular complexity index is 653. The van der Waals surface area contributed by atoms with Crippen LogP contribution in [-0.4, -0.2) is 29.7 Å². The molecule has 0 saturated heterocycles. The van der Waals surface area contributed by atoms with E-state index in [1.807, 2.05) is 6.92 Å². The van der Waals surface area contributed by atoms with Gasteiger partial charge in [0.1, 0.15) is 16.4 Å². The number of hydrogen-bond donors (Lipinski definition) is 2. The van der Waals surface area contributed by atoms with Crippen LogP contribution in [0.15, 0.2) is 0 Å². The number of anilines is 1. The smallest absolute Gasteiger partial charge is 0.216 e. The summed E-state index contributed by atoms with van der Waals surface area (Å²) in [5.41, 5.74) is 2.25. The molecule has 0 unspecified atom stereocenters. The lowest BCUT2D eigenvalue weighted by molar-refractivity contribution is 0.351. The van der Waals surface area contributed by atoms with Crippen LogP contribution in [0.25, 0.3) is 0 Å². The summed E-state index contributed by atoms with van der Waals surface area (Å²) >= 11 is 0. The van der Waals surface area contributed by atoms with Crippen molar-refractivity contribution in [3.63, 3.8) is 0 Å². The highest BCUT2D eigenvalue weighted by Crippen LogP contribution is 2.38. The van der Waals surface area contributed by atoms with Crippen molar-refractivity contribution in [2.24, 2.45) is 5.14 Å². The number of fused-ring (bicyclic) bond motifs is 1. The molecule has 3 N–H and O–H groups in total. The van der Waals surface area contributed by atoms with Gasteiger partial charge in [-0.2, -0.15) is 0 Å². The van der Waals surface area contributed by atoms with E-state index in [9.17, 15) is 8.42 Å². The molecule has 0 amide bonds. The van der Waals surface area contributed by atoms with Gasteiger partial charge in [-0.25, -0.2) is 23.5 Å². The molecule has 0 aliphatic heterocycles. The van der Waals surface area contributed by atoms with Crippen molar-refractivity contribution in [3.05, 3.63) is 17.1 Å². The fraction of sp³-hybridized carbons (Fsp3) is 0.714. The van der Waals surface area contributed by atoms with Crippen molar-refractivity contribution >= 4 is 15.8 Å². The SMILES string of the molecule is Cc1nc2c(c(NCC3(S(N)(=O)=O)CCC3)n1)CCCC2. The molecule has 2 aliphatic carbocycles. The summed E-state index contributed by atoms with van der Waals surface area (Å²) in [7, 11) is -3.54. The van der Waals surface area contributed by atoms with Gasteiger partial charge in [0.05, 0.1) is 0 Å². The number of hydrogen-bond acceptors (Lipinski definition) is 5.